The average molecular weight is 243 g/mol. The van der Waals surface area contributed by atoms with E-state index in [0.717, 1.165) is 0 Å². The van der Waals surface area contributed by atoms with Gasteiger partial charge in [-0.25, -0.2) is 4.39 Å². The lowest BCUT2D eigenvalue weighted by molar-refractivity contribution is 0.342. The molecule has 2 atom stereocenters. The Kier molecular flexibility index (Phi) is 4.21. The number of benzene rings is 1. The molecule has 16 heavy (non-hydrogen) atoms. The molecule has 0 aromatic heterocycles. The highest BCUT2D eigenvalue weighted by Crippen LogP contribution is 2.20. The van der Waals surface area contributed by atoms with Crippen LogP contribution in [0.4, 0.5) is 4.39 Å². The van der Waals surface area contributed by atoms with E-state index in [-0.39, 0.29) is 22.1 Å². The van der Waals surface area contributed by atoms with Gasteiger partial charge in [0.05, 0.1) is 15.7 Å². The Balaban J connectivity index is 2.78. The minimum absolute atomic E-state index is 0.124. The van der Waals surface area contributed by atoms with E-state index in [0.29, 0.717) is 0 Å². The molecule has 0 radical (unpaired) electrons. The van der Waals surface area contributed by atoms with Crippen LogP contribution >= 0.6 is 0 Å². The summed E-state index contributed by atoms with van der Waals surface area (Å²) in [6.45, 7) is 5.95. The Hall–Kier alpha value is -0.740. The van der Waals surface area contributed by atoms with Gasteiger partial charge >= 0.3 is 0 Å². The molecule has 0 saturated carbocycles. The molecule has 0 aliphatic rings. The Bertz CT molecular complexity index is 387. The molecular formula is C12H18FNOS. The summed E-state index contributed by atoms with van der Waals surface area (Å²) < 4.78 is 25.3. The van der Waals surface area contributed by atoms with E-state index in [1.807, 2.05) is 20.8 Å². The molecule has 1 aromatic carbocycles. The highest BCUT2D eigenvalue weighted by molar-refractivity contribution is 7.85. The smallest absolute Gasteiger partial charge is 0.139 e. The molecule has 2 nitrogen and oxygen atoms in total. The van der Waals surface area contributed by atoms with Crippen LogP contribution in [0, 0.1) is 11.2 Å². The maximum atomic E-state index is 13.4. The number of hydrogen-bond donors (Lipinski definition) is 1. The van der Waals surface area contributed by atoms with Crippen molar-refractivity contribution in [2.75, 3.05) is 5.75 Å². The minimum Gasteiger partial charge on any atom is -0.326 e. The fourth-order valence-corrected chi connectivity index (χ4v) is 2.65. The van der Waals surface area contributed by atoms with E-state index < -0.39 is 16.6 Å². The zero-order chi connectivity index (χ0) is 12.3. The Morgan fingerprint density at radius 2 is 1.94 bits per heavy atom. The predicted octanol–water partition coefficient (Wildman–Crippen LogP) is 2.31. The summed E-state index contributed by atoms with van der Waals surface area (Å²) in [7, 11) is -1.37. The van der Waals surface area contributed by atoms with Crippen molar-refractivity contribution in [1.29, 1.82) is 0 Å². The molecule has 2 N–H and O–H groups in total. The van der Waals surface area contributed by atoms with Crippen molar-refractivity contribution in [3.63, 3.8) is 0 Å². The second-order valence-corrected chi connectivity index (χ2v) is 6.38. The van der Waals surface area contributed by atoms with Crippen molar-refractivity contribution < 1.29 is 8.60 Å². The van der Waals surface area contributed by atoms with Crippen LogP contribution in [0.5, 0.6) is 0 Å². The maximum absolute atomic E-state index is 13.4. The van der Waals surface area contributed by atoms with E-state index in [9.17, 15) is 8.60 Å². The molecule has 0 heterocycles. The van der Waals surface area contributed by atoms with Crippen LogP contribution in [-0.2, 0) is 10.8 Å². The fourth-order valence-electron chi connectivity index (χ4n) is 1.13. The summed E-state index contributed by atoms with van der Waals surface area (Å²) in [6, 6.07) is 5.91. The maximum Gasteiger partial charge on any atom is 0.139 e. The van der Waals surface area contributed by atoms with Crippen molar-refractivity contribution in [1.82, 2.24) is 0 Å². The number of rotatable bonds is 3. The first-order valence-electron chi connectivity index (χ1n) is 5.21. The van der Waals surface area contributed by atoms with Crippen molar-refractivity contribution in [2.45, 2.75) is 31.7 Å². The molecular weight excluding hydrogens is 225 g/mol. The summed E-state index contributed by atoms with van der Waals surface area (Å²) in [4.78, 5) is 0.238. The van der Waals surface area contributed by atoms with E-state index >= 15 is 0 Å². The van der Waals surface area contributed by atoms with Crippen molar-refractivity contribution in [3.05, 3.63) is 30.1 Å². The molecule has 0 spiro atoms. The molecule has 0 aliphatic carbocycles. The van der Waals surface area contributed by atoms with Gasteiger partial charge in [0.25, 0.3) is 0 Å². The molecule has 1 rings (SSSR count). The minimum atomic E-state index is -1.37. The van der Waals surface area contributed by atoms with E-state index in [4.69, 9.17) is 5.73 Å². The Morgan fingerprint density at radius 3 is 2.44 bits per heavy atom. The molecule has 0 fully saturated rings. The summed E-state index contributed by atoms with van der Waals surface area (Å²) >= 11 is 0. The molecule has 0 aliphatic heterocycles. The second kappa shape index (κ2) is 5.06. The van der Waals surface area contributed by atoms with Gasteiger partial charge in [0, 0.05) is 11.8 Å². The first-order valence-corrected chi connectivity index (χ1v) is 6.52. The highest BCUT2D eigenvalue weighted by Gasteiger charge is 2.23. The summed E-state index contributed by atoms with van der Waals surface area (Å²) in [5.74, 6) is -0.147. The molecule has 0 saturated heterocycles. The summed E-state index contributed by atoms with van der Waals surface area (Å²) in [5, 5.41) is 0. The van der Waals surface area contributed by atoms with Crippen LogP contribution in [0.1, 0.15) is 20.8 Å². The highest BCUT2D eigenvalue weighted by atomic mass is 32.2. The molecule has 0 amide bonds. The van der Waals surface area contributed by atoms with Gasteiger partial charge in [0.2, 0.25) is 0 Å². The Morgan fingerprint density at radius 1 is 1.38 bits per heavy atom. The molecule has 0 bridgehead atoms. The summed E-state index contributed by atoms with van der Waals surface area (Å²) in [6.07, 6.45) is 0. The lowest BCUT2D eigenvalue weighted by atomic mass is 9.89. The van der Waals surface area contributed by atoms with Crippen molar-refractivity contribution in [3.8, 4) is 0 Å². The molecule has 4 heteroatoms. The summed E-state index contributed by atoms with van der Waals surface area (Å²) in [5.41, 5.74) is 5.80. The molecule has 2 unspecified atom stereocenters. The quantitative estimate of drug-likeness (QED) is 0.885. The van der Waals surface area contributed by atoms with Crippen molar-refractivity contribution in [2.24, 2.45) is 11.1 Å². The van der Waals surface area contributed by atoms with Gasteiger partial charge in [0.1, 0.15) is 5.82 Å². The van der Waals surface area contributed by atoms with Gasteiger partial charge in [-0.3, -0.25) is 4.21 Å². The van der Waals surface area contributed by atoms with Crippen LogP contribution < -0.4 is 5.73 Å². The van der Waals surface area contributed by atoms with Crippen LogP contribution in [0.2, 0.25) is 0 Å². The SMILES string of the molecule is CC(C)(C)C(N)CS(=O)c1ccccc1F. The third-order valence-corrected chi connectivity index (χ3v) is 4.01. The zero-order valence-electron chi connectivity index (χ0n) is 9.87. The second-order valence-electron chi connectivity index (χ2n) is 4.92. The van der Waals surface area contributed by atoms with Gasteiger partial charge < -0.3 is 5.73 Å². The fraction of sp³-hybridized carbons (Fsp3) is 0.500. The lowest BCUT2D eigenvalue weighted by Crippen LogP contribution is -2.39. The standard InChI is InChI=1S/C12H18FNOS/c1-12(2,3)11(14)8-16(15)10-7-5-4-6-9(10)13/h4-7,11H,8,14H2,1-3H3. The first-order chi connectivity index (χ1) is 7.32. The van der Waals surface area contributed by atoms with E-state index in [1.165, 1.54) is 6.07 Å². The van der Waals surface area contributed by atoms with Gasteiger partial charge in [-0.2, -0.15) is 0 Å². The Labute approximate surface area is 98.5 Å². The zero-order valence-corrected chi connectivity index (χ0v) is 10.7. The molecule has 90 valence electrons. The van der Waals surface area contributed by atoms with Crippen LogP contribution in [0.25, 0.3) is 0 Å². The van der Waals surface area contributed by atoms with Gasteiger partial charge in [0.15, 0.2) is 0 Å². The number of hydrogen-bond acceptors (Lipinski definition) is 2. The number of nitrogens with two attached hydrogens (primary N) is 1. The van der Waals surface area contributed by atoms with Gasteiger partial charge in [-0.15, -0.1) is 0 Å². The third kappa shape index (κ3) is 3.39. The van der Waals surface area contributed by atoms with E-state index in [1.54, 1.807) is 18.2 Å². The van der Waals surface area contributed by atoms with Crippen LogP contribution in [0.15, 0.2) is 29.2 Å². The monoisotopic (exact) mass is 243 g/mol. The normalized spacial score (nSPS) is 15.8. The largest absolute Gasteiger partial charge is 0.326 e. The third-order valence-electron chi connectivity index (χ3n) is 2.53. The van der Waals surface area contributed by atoms with E-state index in [2.05, 4.69) is 0 Å². The number of halogens is 1. The average Bonchev–Trinajstić information content (AvgIpc) is 2.16. The van der Waals surface area contributed by atoms with Gasteiger partial charge in [-0.05, 0) is 17.5 Å². The van der Waals surface area contributed by atoms with Crippen LogP contribution in [-0.4, -0.2) is 16.0 Å². The topological polar surface area (TPSA) is 43.1 Å². The van der Waals surface area contributed by atoms with Gasteiger partial charge in [-0.1, -0.05) is 32.9 Å². The lowest BCUT2D eigenvalue weighted by Gasteiger charge is -2.26. The van der Waals surface area contributed by atoms with Crippen LogP contribution in [0.3, 0.4) is 0 Å². The van der Waals surface area contributed by atoms with Crippen molar-refractivity contribution >= 4 is 10.8 Å². The first kappa shape index (κ1) is 13.3. The molecule has 1 aromatic rings. The predicted molar refractivity (Wildman–Crippen MR) is 65.1 cm³/mol.